The molecule has 0 N–H and O–H groups in total. The van der Waals surface area contributed by atoms with Crippen molar-refractivity contribution in [3.8, 4) is 0 Å². The van der Waals surface area contributed by atoms with E-state index in [-0.39, 0.29) is 0 Å². The van der Waals surface area contributed by atoms with Crippen LogP contribution in [0.3, 0.4) is 0 Å². The summed E-state index contributed by atoms with van der Waals surface area (Å²) in [4.78, 5) is 0. The van der Waals surface area contributed by atoms with Gasteiger partial charge in [0.1, 0.15) is 0 Å². The maximum absolute atomic E-state index is 15.3. The van der Waals surface area contributed by atoms with Crippen LogP contribution in [0.15, 0.2) is 123 Å². The maximum Gasteiger partial charge on any atom is 0.171 e. The molecule has 0 saturated heterocycles. The predicted octanol–water partition coefficient (Wildman–Crippen LogP) is 9.07. The zero-order valence-corrected chi connectivity index (χ0v) is 24.0. The molecule has 0 saturated carbocycles. The van der Waals surface area contributed by atoms with Crippen molar-refractivity contribution < 1.29 is 4.57 Å². The van der Waals surface area contributed by atoms with Gasteiger partial charge in [0.25, 0.3) is 0 Å². The highest BCUT2D eigenvalue weighted by atomic mass is 79.9. The van der Waals surface area contributed by atoms with Crippen molar-refractivity contribution in [3.05, 3.63) is 123 Å². The second-order valence-electron chi connectivity index (χ2n) is 8.64. The van der Waals surface area contributed by atoms with Gasteiger partial charge in [0.15, 0.2) is 7.14 Å². The standard InChI is InChI=1S/C30H18Br3OP/c31-25-7-1-22-16-28(10-4-19(22)13-25)35(34,29-11-5-20-14-26(32)8-2-23(20)17-29)30-12-6-21-15-27(33)9-3-24(21)18-30/h1-18H. The summed E-state index contributed by atoms with van der Waals surface area (Å²) in [5.74, 6) is 0. The Morgan fingerprint density at radius 1 is 0.371 bits per heavy atom. The fraction of sp³-hybridized carbons (Fsp3) is 0. The summed E-state index contributed by atoms with van der Waals surface area (Å²) >= 11 is 10.7. The molecule has 0 bridgehead atoms. The van der Waals surface area contributed by atoms with Crippen molar-refractivity contribution in [2.24, 2.45) is 0 Å². The lowest BCUT2D eigenvalue weighted by Crippen LogP contribution is -2.25. The molecule has 0 radical (unpaired) electrons. The van der Waals surface area contributed by atoms with E-state index in [1.54, 1.807) is 0 Å². The van der Waals surface area contributed by atoms with Gasteiger partial charge in [0, 0.05) is 29.3 Å². The molecule has 6 aromatic rings. The topological polar surface area (TPSA) is 17.1 Å². The minimum Gasteiger partial charge on any atom is -0.309 e. The minimum absolute atomic E-state index is 0.834. The Labute approximate surface area is 228 Å². The van der Waals surface area contributed by atoms with Gasteiger partial charge in [-0.25, -0.2) is 0 Å². The Balaban J connectivity index is 1.63. The zero-order chi connectivity index (χ0) is 24.2. The van der Waals surface area contributed by atoms with Crippen LogP contribution in [0.4, 0.5) is 0 Å². The molecule has 0 atom stereocenters. The van der Waals surface area contributed by atoms with Crippen molar-refractivity contribution in [2.75, 3.05) is 0 Å². The first-order valence-corrected chi connectivity index (χ1v) is 15.2. The van der Waals surface area contributed by atoms with E-state index >= 15 is 4.57 Å². The number of fused-ring (bicyclic) bond motifs is 3. The Bertz CT molecular complexity index is 1610. The summed E-state index contributed by atoms with van der Waals surface area (Å²) in [5.41, 5.74) is 0. The molecular weight excluding hydrogens is 647 g/mol. The van der Waals surface area contributed by atoms with Crippen molar-refractivity contribution in [1.82, 2.24) is 0 Å². The van der Waals surface area contributed by atoms with Crippen molar-refractivity contribution in [1.29, 1.82) is 0 Å². The molecular formula is C30H18Br3OP. The Hall–Kier alpha value is -2.23. The zero-order valence-electron chi connectivity index (χ0n) is 18.4. The van der Waals surface area contributed by atoms with E-state index in [1.165, 1.54) is 0 Å². The minimum atomic E-state index is -3.16. The first kappa shape index (κ1) is 23.2. The third kappa shape index (κ3) is 4.21. The molecule has 0 amide bonds. The monoisotopic (exact) mass is 662 g/mol. The highest BCUT2D eigenvalue weighted by Crippen LogP contribution is 2.44. The number of hydrogen-bond acceptors (Lipinski definition) is 1. The number of rotatable bonds is 3. The lowest BCUT2D eigenvalue weighted by atomic mass is 10.1. The van der Waals surface area contributed by atoms with Crippen LogP contribution in [0, 0.1) is 0 Å². The lowest BCUT2D eigenvalue weighted by molar-refractivity contribution is 0.592. The molecule has 0 fully saturated rings. The number of hydrogen-bond donors (Lipinski definition) is 0. The van der Waals surface area contributed by atoms with Crippen LogP contribution in [0.5, 0.6) is 0 Å². The van der Waals surface area contributed by atoms with Crippen LogP contribution in [-0.4, -0.2) is 0 Å². The highest BCUT2D eigenvalue weighted by Gasteiger charge is 2.30. The molecule has 0 unspecified atom stereocenters. The average Bonchev–Trinajstić information content (AvgIpc) is 2.87. The molecule has 0 aliphatic carbocycles. The van der Waals surface area contributed by atoms with E-state index < -0.39 is 7.14 Å². The Kier molecular flexibility index (Phi) is 5.97. The highest BCUT2D eigenvalue weighted by molar-refractivity contribution is 9.11. The van der Waals surface area contributed by atoms with Crippen LogP contribution in [-0.2, 0) is 4.57 Å². The van der Waals surface area contributed by atoms with E-state index in [4.69, 9.17) is 0 Å². The SMILES string of the molecule is O=P(c1ccc2cc(Br)ccc2c1)(c1ccc2cc(Br)ccc2c1)c1ccc2cc(Br)ccc2c1. The second-order valence-corrected chi connectivity index (χ2v) is 14.2. The molecule has 6 rings (SSSR count). The third-order valence-electron chi connectivity index (χ3n) is 6.45. The van der Waals surface area contributed by atoms with Crippen LogP contribution in [0.2, 0.25) is 0 Å². The fourth-order valence-electron chi connectivity index (χ4n) is 4.65. The van der Waals surface area contributed by atoms with Gasteiger partial charge in [-0.15, -0.1) is 0 Å². The van der Waals surface area contributed by atoms with Gasteiger partial charge in [-0.05, 0) is 86.9 Å². The smallest absolute Gasteiger partial charge is 0.171 e. The first-order valence-electron chi connectivity index (χ1n) is 11.1. The maximum atomic E-state index is 15.3. The largest absolute Gasteiger partial charge is 0.309 e. The molecule has 0 spiro atoms. The van der Waals surface area contributed by atoms with Gasteiger partial charge in [0.2, 0.25) is 0 Å². The third-order valence-corrected chi connectivity index (χ3v) is 10.9. The summed E-state index contributed by atoms with van der Waals surface area (Å²) in [6.07, 6.45) is 0. The molecule has 1 nitrogen and oxygen atoms in total. The average molecular weight is 665 g/mol. The Morgan fingerprint density at radius 2 is 0.629 bits per heavy atom. The van der Waals surface area contributed by atoms with Crippen LogP contribution in [0.25, 0.3) is 32.3 Å². The van der Waals surface area contributed by atoms with E-state index in [1.807, 2.05) is 36.4 Å². The molecule has 0 aliphatic rings. The van der Waals surface area contributed by atoms with Crippen molar-refractivity contribution in [2.45, 2.75) is 0 Å². The summed E-state index contributed by atoms with van der Waals surface area (Å²) in [7, 11) is -3.16. The van der Waals surface area contributed by atoms with Crippen LogP contribution >= 0.6 is 54.9 Å². The van der Waals surface area contributed by atoms with Gasteiger partial charge in [-0.2, -0.15) is 0 Å². The van der Waals surface area contributed by atoms with Crippen molar-refractivity contribution >= 4 is 103 Å². The summed E-state index contributed by atoms with van der Waals surface area (Å²) < 4.78 is 18.4. The fourth-order valence-corrected chi connectivity index (χ4v) is 8.49. The first-order chi connectivity index (χ1) is 16.9. The molecule has 0 aliphatic heterocycles. The van der Waals surface area contributed by atoms with Gasteiger partial charge in [-0.1, -0.05) is 102 Å². The number of halogens is 3. The second kappa shape index (κ2) is 9.01. The molecule has 0 heterocycles. The number of benzene rings is 6. The van der Waals surface area contributed by atoms with E-state index in [0.29, 0.717) is 0 Å². The molecule has 6 aromatic carbocycles. The van der Waals surface area contributed by atoms with Gasteiger partial charge < -0.3 is 4.57 Å². The van der Waals surface area contributed by atoms with Crippen molar-refractivity contribution in [3.63, 3.8) is 0 Å². The normalized spacial score (nSPS) is 12.0. The molecule has 0 aromatic heterocycles. The van der Waals surface area contributed by atoms with Gasteiger partial charge in [-0.3, -0.25) is 0 Å². The van der Waals surface area contributed by atoms with Gasteiger partial charge in [0.05, 0.1) is 0 Å². The van der Waals surface area contributed by atoms with Gasteiger partial charge >= 0.3 is 0 Å². The van der Waals surface area contributed by atoms with Crippen LogP contribution in [0.1, 0.15) is 0 Å². The predicted molar refractivity (Wildman–Crippen MR) is 161 cm³/mol. The van der Waals surface area contributed by atoms with E-state index in [9.17, 15) is 0 Å². The van der Waals surface area contributed by atoms with E-state index in [0.717, 1.165) is 61.6 Å². The summed E-state index contributed by atoms with van der Waals surface area (Å²) in [5, 5.41) is 9.05. The lowest BCUT2D eigenvalue weighted by Gasteiger charge is -2.22. The quantitative estimate of drug-likeness (QED) is 0.173. The molecule has 170 valence electrons. The summed E-state index contributed by atoms with van der Waals surface area (Å²) in [6, 6.07) is 37.1. The molecule has 5 heteroatoms. The Morgan fingerprint density at radius 3 is 0.943 bits per heavy atom. The molecule has 35 heavy (non-hydrogen) atoms. The van der Waals surface area contributed by atoms with Crippen LogP contribution < -0.4 is 15.9 Å². The summed E-state index contributed by atoms with van der Waals surface area (Å²) in [6.45, 7) is 0. The van der Waals surface area contributed by atoms with E-state index in [2.05, 4.69) is 121 Å².